The number of carbonyl (C=O) groups is 1. The second-order valence-electron chi connectivity index (χ2n) is 6.68. The van der Waals surface area contributed by atoms with Crippen LogP contribution >= 0.6 is 11.3 Å². The van der Waals surface area contributed by atoms with Gasteiger partial charge in [0.1, 0.15) is 11.5 Å². The van der Waals surface area contributed by atoms with Crippen molar-refractivity contribution >= 4 is 17.2 Å². The Bertz CT molecular complexity index is 721. The molecular weight excluding hydrogens is 362 g/mol. The average Bonchev–Trinajstić information content (AvgIpc) is 3.23. The van der Waals surface area contributed by atoms with E-state index in [4.69, 9.17) is 9.47 Å². The standard InChI is InChI=1S/C20H27N3O3S/c1-22-6-8-23(9-7-22)18(19-5-4-10-27-19)14-21-20(24)15-11-16(25-2)13-17(12-15)26-3/h4-5,10-13,18H,6-9,14H2,1-3H3,(H,21,24)/t18-/m0/s1. The third kappa shape index (κ3) is 5.00. The van der Waals surface area contributed by atoms with Crippen LogP contribution in [0.2, 0.25) is 0 Å². The first-order valence-corrected chi connectivity index (χ1v) is 9.96. The molecule has 1 aromatic carbocycles. The SMILES string of the molecule is COc1cc(OC)cc(C(=O)NC[C@@H](c2cccs2)N2CCN(C)CC2)c1. The second kappa shape index (κ2) is 9.21. The summed E-state index contributed by atoms with van der Waals surface area (Å²) in [5.74, 6) is 1.09. The first-order valence-electron chi connectivity index (χ1n) is 9.08. The number of piperazine rings is 1. The number of carbonyl (C=O) groups excluding carboxylic acids is 1. The Morgan fingerprint density at radius 3 is 2.37 bits per heavy atom. The molecule has 27 heavy (non-hydrogen) atoms. The van der Waals surface area contributed by atoms with Crippen molar-refractivity contribution in [3.63, 3.8) is 0 Å². The van der Waals surface area contributed by atoms with Gasteiger partial charge in [0, 0.05) is 49.2 Å². The Morgan fingerprint density at radius 2 is 1.81 bits per heavy atom. The minimum absolute atomic E-state index is 0.122. The van der Waals surface area contributed by atoms with E-state index in [0.717, 1.165) is 26.2 Å². The van der Waals surface area contributed by atoms with Crippen LogP contribution in [-0.4, -0.2) is 69.7 Å². The number of amides is 1. The van der Waals surface area contributed by atoms with Gasteiger partial charge in [0.25, 0.3) is 5.91 Å². The molecule has 0 spiro atoms. The van der Waals surface area contributed by atoms with Crippen molar-refractivity contribution in [1.29, 1.82) is 0 Å². The Hall–Kier alpha value is -2.09. The Morgan fingerprint density at radius 1 is 1.15 bits per heavy atom. The fraction of sp³-hybridized carbons (Fsp3) is 0.450. The van der Waals surface area contributed by atoms with Gasteiger partial charge in [0.05, 0.1) is 20.3 Å². The summed E-state index contributed by atoms with van der Waals surface area (Å²) < 4.78 is 10.5. The van der Waals surface area contributed by atoms with E-state index in [1.807, 2.05) is 0 Å². The fourth-order valence-corrected chi connectivity index (χ4v) is 4.11. The highest BCUT2D eigenvalue weighted by Crippen LogP contribution is 2.26. The van der Waals surface area contributed by atoms with Crippen molar-refractivity contribution < 1.29 is 14.3 Å². The average molecular weight is 390 g/mol. The predicted octanol–water partition coefficient (Wildman–Crippen LogP) is 2.48. The van der Waals surface area contributed by atoms with Crippen LogP contribution in [0.4, 0.5) is 0 Å². The molecular formula is C20H27N3O3S. The smallest absolute Gasteiger partial charge is 0.251 e. The summed E-state index contributed by atoms with van der Waals surface area (Å²) in [4.78, 5) is 18.8. The molecule has 0 aliphatic carbocycles. The molecule has 3 rings (SSSR count). The molecule has 1 aliphatic rings. The van der Waals surface area contributed by atoms with E-state index in [-0.39, 0.29) is 11.9 Å². The van der Waals surface area contributed by atoms with E-state index in [2.05, 4.69) is 39.7 Å². The molecule has 1 N–H and O–H groups in total. The predicted molar refractivity (Wildman–Crippen MR) is 108 cm³/mol. The van der Waals surface area contributed by atoms with Gasteiger partial charge < -0.3 is 19.7 Å². The molecule has 1 atom stereocenters. The van der Waals surface area contributed by atoms with Crippen molar-refractivity contribution in [3.05, 3.63) is 46.2 Å². The van der Waals surface area contributed by atoms with Gasteiger partial charge in [-0.1, -0.05) is 6.07 Å². The van der Waals surface area contributed by atoms with Crippen LogP contribution in [0.15, 0.2) is 35.7 Å². The largest absolute Gasteiger partial charge is 0.497 e. The van der Waals surface area contributed by atoms with Crippen LogP contribution in [0.1, 0.15) is 21.3 Å². The number of nitrogens with one attached hydrogen (secondary N) is 1. The van der Waals surface area contributed by atoms with E-state index in [1.165, 1.54) is 4.88 Å². The highest BCUT2D eigenvalue weighted by molar-refractivity contribution is 7.10. The molecule has 2 aromatic rings. The van der Waals surface area contributed by atoms with Crippen molar-refractivity contribution in [1.82, 2.24) is 15.1 Å². The maximum Gasteiger partial charge on any atom is 0.251 e. The molecule has 7 heteroatoms. The number of thiophene rings is 1. The van der Waals surface area contributed by atoms with E-state index in [0.29, 0.717) is 23.6 Å². The van der Waals surface area contributed by atoms with Crippen molar-refractivity contribution in [2.24, 2.45) is 0 Å². The van der Waals surface area contributed by atoms with E-state index < -0.39 is 0 Å². The zero-order valence-corrected chi connectivity index (χ0v) is 16.9. The number of likely N-dealkylation sites (N-methyl/N-ethyl adjacent to an activating group) is 1. The molecule has 1 saturated heterocycles. The lowest BCUT2D eigenvalue weighted by Gasteiger charge is -2.37. The number of methoxy groups -OCH3 is 2. The van der Waals surface area contributed by atoms with Gasteiger partial charge in [0.15, 0.2) is 0 Å². The zero-order chi connectivity index (χ0) is 19.2. The Labute approximate surface area is 164 Å². The van der Waals surface area contributed by atoms with Crippen molar-refractivity contribution in [2.45, 2.75) is 6.04 Å². The lowest BCUT2D eigenvalue weighted by atomic mass is 10.1. The Kier molecular flexibility index (Phi) is 6.71. The normalized spacial score (nSPS) is 16.7. The van der Waals surface area contributed by atoms with Gasteiger partial charge in [-0.2, -0.15) is 0 Å². The molecule has 6 nitrogen and oxygen atoms in total. The summed E-state index contributed by atoms with van der Waals surface area (Å²) >= 11 is 1.74. The first kappa shape index (κ1) is 19.7. The molecule has 1 fully saturated rings. The van der Waals surface area contributed by atoms with Gasteiger partial charge in [0.2, 0.25) is 0 Å². The molecule has 0 unspecified atom stereocenters. The molecule has 1 amide bonds. The topological polar surface area (TPSA) is 54.0 Å². The molecule has 146 valence electrons. The molecule has 0 saturated carbocycles. The van der Waals surface area contributed by atoms with Gasteiger partial charge in [-0.3, -0.25) is 9.69 Å². The fourth-order valence-electron chi connectivity index (χ4n) is 3.25. The number of hydrogen-bond donors (Lipinski definition) is 1. The highest BCUT2D eigenvalue weighted by Gasteiger charge is 2.25. The molecule has 1 aliphatic heterocycles. The number of hydrogen-bond acceptors (Lipinski definition) is 6. The van der Waals surface area contributed by atoms with Gasteiger partial charge in [-0.15, -0.1) is 11.3 Å². The molecule has 1 aromatic heterocycles. The quantitative estimate of drug-likeness (QED) is 0.789. The van der Waals surface area contributed by atoms with Crippen LogP contribution in [0.3, 0.4) is 0 Å². The van der Waals surface area contributed by atoms with Gasteiger partial charge in [-0.05, 0) is 30.6 Å². The Balaban J connectivity index is 1.71. The number of rotatable bonds is 7. The summed E-state index contributed by atoms with van der Waals surface area (Å²) in [5.41, 5.74) is 0.537. The number of benzene rings is 1. The van der Waals surface area contributed by atoms with Crippen LogP contribution in [0.25, 0.3) is 0 Å². The third-order valence-electron chi connectivity index (χ3n) is 4.92. The summed E-state index contributed by atoms with van der Waals surface area (Å²) in [6, 6.07) is 9.62. The van der Waals surface area contributed by atoms with Crippen molar-refractivity contribution in [2.75, 3.05) is 54.0 Å². The minimum atomic E-state index is -0.122. The number of nitrogens with zero attached hydrogens (tertiary/aromatic N) is 2. The van der Waals surface area contributed by atoms with E-state index >= 15 is 0 Å². The minimum Gasteiger partial charge on any atom is -0.497 e. The second-order valence-corrected chi connectivity index (χ2v) is 7.66. The summed E-state index contributed by atoms with van der Waals surface area (Å²) in [7, 11) is 5.31. The number of ether oxygens (including phenoxy) is 2. The van der Waals surface area contributed by atoms with Crippen molar-refractivity contribution in [3.8, 4) is 11.5 Å². The van der Waals surface area contributed by atoms with E-state index in [9.17, 15) is 4.79 Å². The lowest BCUT2D eigenvalue weighted by molar-refractivity contribution is 0.0889. The van der Waals surface area contributed by atoms with Gasteiger partial charge >= 0.3 is 0 Å². The van der Waals surface area contributed by atoms with Crippen LogP contribution in [0, 0.1) is 0 Å². The summed E-state index contributed by atoms with van der Waals surface area (Å²) in [6.45, 7) is 4.66. The third-order valence-corrected chi connectivity index (χ3v) is 5.89. The first-order chi connectivity index (χ1) is 13.1. The molecule has 0 bridgehead atoms. The maximum absolute atomic E-state index is 12.7. The summed E-state index contributed by atoms with van der Waals surface area (Å²) in [6.07, 6.45) is 0. The molecule has 2 heterocycles. The monoisotopic (exact) mass is 389 g/mol. The van der Waals surface area contributed by atoms with Gasteiger partial charge in [-0.25, -0.2) is 0 Å². The van der Waals surface area contributed by atoms with Crippen LogP contribution < -0.4 is 14.8 Å². The zero-order valence-electron chi connectivity index (χ0n) is 16.1. The lowest BCUT2D eigenvalue weighted by Crippen LogP contribution is -2.48. The molecule has 0 radical (unpaired) electrons. The van der Waals surface area contributed by atoms with E-state index in [1.54, 1.807) is 43.8 Å². The maximum atomic E-state index is 12.7. The van der Waals surface area contributed by atoms with Crippen LogP contribution in [-0.2, 0) is 0 Å². The van der Waals surface area contributed by atoms with Crippen LogP contribution in [0.5, 0.6) is 11.5 Å². The summed E-state index contributed by atoms with van der Waals surface area (Å²) in [5, 5.41) is 5.19. The highest BCUT2D eigenvalue weighted by atomic mass is 32.1.